The summed E-state index contributed by atoms with van der Waals surface area (Å²) in [5, 5.41) is 3.25. The predicted molar refractivity (Wildman–Crippen MR) is 82.7 cm³/mol. The van der Waals surface area contributed by atoms with Crippen LogP contribution in [0.5, 0.6) is 0 Å². The number of hydrogen-bond donors (Lipinski definition) is 0. The van der Waals surface area contributed by atoms with Crippen molar-refractivity contribution in [2.75, 3.05) is 0 Å². The molecule has 0 N–H and O–H groups in total. The lowest BCUT2D eigenvalue weighted by atomic mass is 9.93. The Balaban J connectivity index is 2.21. The SMILES string of the molecule is CCc1nc(Br)cc(Cc2nc(C(C)(C)C)cs2)n1. The normalized spacial score (nSPS) is 11.8. The van der Waals surface area contributed by atoms with E-state index in [9.17, 15) is 0 Å². The van der Waals surface area contributed by atoms with Gasteiger partial charge in [0.05, 0.1) is 16.4 Å². The summed E-state index contributed by atoms with van der Waals surface area (Å²) in [6.45, 7) is 8.61. The van der Waals surface area contributed by atoms with E-state index >= 15 is 0 Å². The van der Waals surface area contributed by atoms with Gasteiger partial charge >= 0.3 is 0 Å². The van der Waals surface area contributed by atoms with E-state index < -0.39 is 0 Å². The quantitative estimate of drug-likeness (QED) is 0.788. The zero-order valence-electron chi connectivity index (χ0n) is 11.7. The van der Waals surface area contributed by atoms with E-state index in [2.05, 4.69) is 59.0 Å². The average Bonchev–Trinajstić information content (AvgIpc) is 2.76. The Morgan fingerprint density at radius 3 is 2.53 bits per heavy atom. The summed E-state index contributed by atoms with van der Waals surface area (Å²) in [5.41, 5.74) is 2.28. The fraction of sp³-hybridized carbons (Fsp3) is 0.500. The van der Waals surface area contributed by atoms with Gasteiger partial charge in [-0.1, -0.05) is 27.7 Å². The second-order valence-corrected chi connectivity index (χ2v) is 7.26. The van der Waals surface area contributed by atoms with Gasteiger partial charge in [-0.3, -0.25) is 0 Å². The van der Waals surface area contributed by atoms with Crippen molar-refractivity contribution in [2.45, 2.75) is 46.0 Å². The lowest BCUT2D eigenvalue weighted by Crippen LogP contribution is -2.11. The number of nitrogens with zero attached hydrogens (tertiary/aromatic N) is 3. The van der Waals surface area contributed by atoms with Gasteiger partial charge in [-0.25, -0.2) is 15.0 Å². The highest BCUT2D eigenvalue weighted by molar-refractivity contribution is 9.10. The van der Waals surface area contributed by atoms with Gasteiger partial charge in [-0.2, -0.15) is 0 Å². The van der Waals surface area contributed by atoms with Gasteiger partial charge in [-0.15, -0.1) is 11.3 Å². The molecule has 0 aliphatic heterocycles. The molecule has 0 aliphatic carbocycles. The highest BCUT2D eigenvalue weighted by Gasteiger charge is 2.17. The Morgan fingerprint density at radius 2 is 1.95 bits per heavy atom. The number of halogens is 1. The van der Waals surface area contributed by atoms with Gasteiger partial charge in [0.25, 0.3) is 0 Å². The summed E-state index contributed by atoms with van der Waals surface area (Å²) < 4.78 is 0.849. The molecule has 2 heterocycles. The highest BCUT2D eigenvalue weighted by Crippen LogP contribution is 2.25. The first-order valence-corrected chi connectivity index (χ1v) is 8.03. The first-order valence-electron chi connectivity index (χ1n) is 6.35. The molecule has 0 amide bonds. The third-order valence-electron chi connectivity index (χ3n) is 2.76. The van der Waals surface area contributed by atoms with Crippen molar-refractivity contribution in [3.05, 3.63) is 38.3 Å². The minimum atomic E-state index is 0.107. The summed E-state index contributed by atoms with van der Waals surface area (Å²) >= 11 is 5.14. The van der Waals surface area contributed by atoms with E-state index in [0.717, 1.165) is 39.7 Å². The molecule has 2 rings (SSSR count). The second-order valence-electron chi connectivity index (χ2n) is 5.51. The minimum absolute atomic E-state index is 0.107. The van der Waals surface area contributed by atoms with Crippen LogP contribution in [-0.2, 0) is 18.3 Å². The van der Waals surface area contributed by atoms with Crippen LogP contribution in [0.2, 0.25) is 0 Å². The zero-order chi connectivity index (χ0) is 14.0. The van der Waals surface area contributed by atoms with Crippen LogP contribution >= 0.6 is 27.3 Å². The minimum Gasteiger partial charge on any atom is -0.245 e. The molecule has 2 aromatic heterocycles. The number of aryl methyl sites for hydroxylation is 1. The number of hydrogen-bond acceptors (Lipinski definition) is 4. The Labute approximate surface area is 126 Å². The molecule has 0 saturated heterocycles. The Bertz CT molecular complexity index is 572. The molecule has 2 aromatic rings. The van der Waals surface area contributed by atoms with E-state index in [4.69, 9.17) is 4.98 Å². The third-order valence-corrected chi connectivity index (χ3v) is 4.02. The summed E-state index contributed by atoms with van der Waals surface area (Å²) in [6, 6.07) is 1.97. The maximum Gasteiger partial charge on any atom is 0.129 e. The molecule has 0 aliphatic rings. The van der Waals surface area contributed by atoms with Crippen LogP contribution in [-0.4, -0.2) is 15.0 Å². The van der Waals surface area contributed by atoms with Crippen LogP contribution in [0, 0.1) is 0 Å². The van der Waals surface area contributed by atoms with E-state index in [1.807, 2.05) is 6.07 Å². The van der Waals surface area contributed by atoms with Gasteiger partial charge in [-0.05, 0) is 22.0 Å². The predicted octanol–water partition coefficient (Wildman–Crippen LogP) is 4.15. The van der Waals surface area contributed by atoms with Crippen molar-refractivity contribution in [3.63, 3.8) is 0 Å². The number of thiazole rings is 1. The van der Waals surface area contributed by atoms with Crippen molar-refractivity contribution >= 4 is 27.3 Å². The van der Waals surface area contributed by atoms with Crippen molar-refractivity contribution < 1.29 is 0 Å². The standard InChI is InChI=1S/C14H18BrN3S/c1-5-12-16-9(6-11(15)18-12)7-13-17-10(8-19-13)14(2,3)4/h6,8H,5,7H2,1-4H3. The van der Waals surface area contributed by atoms with E-state index in [0.29, 0.717) is 0 Å². The summed E-state index contributed by atoms with van der Waals surface area (Å²) in [5.74, 6) is 0.872. The maximum absolute atomic E-state index is 4.70. The molecule has 0 spiro atoms. The molecule has 0 unspecified atom stereocenters. The van der Waals surface area contributed by atoms with Crippen LogP contribution < -0.4 is 0 Å². The summed E-state index contributed by atoms with van der Waals surface area (Å²) in [6.07, 6.45) is 1.62. The first kappa shape index (κ1) is 14.6. The van der Waals surface area contributed by atoms with Gasteiger partial charge < -0.3 is 0 Å². The fourth-order valence-corrected chi connectivity index (χ4v) is 3.16. The van der Waals surface area contributed by atoms with Crippen molar-refractivity contribution in [2.24, 2.45) is 0 Å². The molecule has 0 fully saturated rings. The fourth-order valence-electron chi connectivity index (χ4n) is 1.66. The molecule has 0 radical (unpaired) electrons. The lowest BCUT2D eigenvalue weighted by molar-refractivity contribution is 0.571. The molecular weight excluding hydrogens is 322 g/mol. The largest absolute Gasteiger partial charge is 0.245 e. The van der Waals surface area contributed by atoms with Crippen molar-refractivity contribution in [1.29, 1.82) is 0 Å². The average molecular weight is 340 g/mol. The second kappa shape index (κ2) is 5.67. The van der Waals surface area contributed by atoms with Crippen molar-refractivity contribution in [1.82, 2.24) is 15.0 Å². The van der Waals surface area contributed by atoms with E-state index in [-0.39, 0.29) is 5.41 Å². The van der Waals surface area contributed by atoms with Crippen LogP contribution in [0.15, 0.2) is 16.0 Å². The van der Waals surface area contributed by atoms with Gasteiger partial charge in [0, 0.05) is 23.6 Å². The lowest BCUT2D eigenvalue weighted by Gasteiger charge is -2.14. The molecular formula is C14H18BrN3S. The molecule has 0 saturated carbocycles. The zero-order valence-corrected chi connectivity index (χ0v) is 14.1. The van der Waals surface area contributed by atoms with Crippen molar-refractivity contribution in [3.8, 4) is 0 Å². The van der Waals surface area contributed by atoms with E-state index in [1.165, 1.54) is 0 Å². The molecule has 102 valence electrons. The number of aromatic nitrogens is 3. The molecule has 3 nitrogen and oxygen atoms in total. The van der Waals surface area contributed by atoms with Crippen LogP contribution in [0.25, 0.3) is 0 Å². The smallest absolute Gasteiger partial charge is 0.129 e. The van der Waals surface area contributed by atoms with Crippen LogP contribution in [0.3, 0.4) is 0 Å². The Morgan fingerprint density at radius 1 is 1.21 bits per heavy atom. The van der Waals surface area contributed by atoms with Crippen LogP contribution in [0.4, 0.5) is 0 Å². The van der Waals surface area contributed by atoms with Gasteiger partial charge in [0.2, 0.25) is 0 Å². The highest BCUT2D eigenvalue weighted by atomic mass is 79.9. The molecule has 0 aromatic carbocycles. The van der Waals surface area contributed by atoms with Gasteiger partial charge in [0.1, 0.15) is 10.4 Å². The maximum atomic E-state index is 4.70. The molecule has 0 atom stereocenters. The summed E-state index contributed by atoms with van der Waals surface area (Å²) in [4.78, 5) is 13.6. The Kier molecular flexibility index (Phi) is 4.36. The van der Waals surface area contributed by atoms with E-state index in [1.54, 1.807) is 11.3 Å². The van der Waals surface area contributed by atoms with Crippen LogP contribution in [0.1, 0.15) is 49.9 Å². The number of rotatable bonds is 3. The molecule has 5 heteroatoms. The summed E-state index contributed by atoms with van der Waals surface area (Å²) in [7, 11) is 0. The third kappa shape index (κ3) is 3.83. The first-order chi connectivity index (χ1) is 8.88. The Hall–Kier alpha value is -0.810. The van der Waals surface area contributed by atoms with Gasteiger partial charge in [0.15, 0.2) is 0 Å². The topological polar surface area (TPSA) is 38.7 Å². The molecule has 0 bridgehead atoms. The molecule has 19 heavy (non-hydrogen) atoms. The monoisotopic (exact) mass is 339 g/mol.